The summed E-state index contributed by atoms with van der Waals surface area (Å²) in [5.41, 5.74) is 0.955. The van der Waals surface area contributed by atoms with E-state index in [0.29, 0.717) is 18.8 Å². The summed E-state index contributed by atoms with van der Waals surface area (Å²) in [6.07, 6.45) is -4.77. The molecule has 1 aromatic rings. The molecule has 0 amide bonds. The lowest BCUT2D eigenvalue weighted by atomic mass is 10.2. The minimum absolute atomic E-state index is 0.00492. The van der Waals surface area contributed by atoms with Crippen molar-refractivity contribution in [1.29, 1.82) is 5.26 Å². The third kappa shape index (κ3) is 7.32. The number of ether oxygens (including phenoxy) is 1. The molecule has 0 spiro atoms. The second kappa shape index (κ2) is 7.64. The maximum Gasteiger partial charge on any atom is 0.389 e. The summed E-state index contributed by atoms with van der Waals surface area (Å²) in [6.45, 7) is 0.831. The lowest BCUT2D eigenvalue weighted by Gasteiger charge is -2.08. The Kier molecular flexibility index (Phi) is 6.16. The molecule has 0 saturated carbocycles. The van der Waals surface area contributed by atoms with Gasteiger partial charge in [-0.15, -0.1) is 0 Å². The molecule has 0 aliphatic heterocycles. The Labute approximate surface area is 110 Å². The minimum atomic E-state index is -4.08. The fraction of sp³-hybridized carbons (Fsp3) is 0.462. The van der Waals surface area contributed by atoms with E-state index in [1.807, 2.05) is 18.2 Å². The van der Waals surface area contributed by atoms with E-state index in [2.05, 4.69) is 5.32 Å². The van der Waals surface area contributed by atoms with Crippen molar-refractivity contribution in [3.05, 3.63) is 29.8 Å². The number of hydrogen-bond acceptors (Lipinski definition) is 3. The predicted octanol–water partition coefficient (Wildman–Crippen LogP) is 3.02. The predicted molar refractivity (Wildman–Crippen MR) is 64.5 cm³/mol. The maximum absolute atomic E-state index is 11.9. The number of alkyl halides is 3. The molecular weight excluding hydrogens is 257 g/mol. The van der Waals surface area contributed by atoms with Crippen LogP contribution in [0, 0.1) is 11.3 Å². The fourth-order valence-corrected chi connectivity index (χ4v) is 1.47. The summed E-state index contributed by atoms with van der Waals surface area (Å²) in [6, 6.07) is 8.94. The van der Waals surface area contributed by atoms with E-state index in [1.54, 1.807) is 12.1 Å². The number of hydrogen-bond donors (Lipinski definition) is 1. The van der Waals surface area contributed by atoms with Crippen LogP contribution in [0.2, 0.25) is 0 Å². The van der Waals surface area contributed by atoms with Gasteiger partial charge in [-0.3, -0.25) is 0 Å². The van der Waals surface area contributed by atoms with Crippen LogP contribution < -0.4 is 10.1 Å². The molecule has 0 heterocycles. The normalized spacial score (nSPS) is 11.1. The summed E-state index contributed by atoms with van der Waals surface area (Å²) in [5.74, 6) is 0.599. The first-order valence-electron chi connectivity index (χ1n) is 5.87. The highest BCUT2D eigenvalue weighted by Crippen LogP contribution is 2.20. The number of nitrogens with one attached hydrogen (secondary N) is 1. The van der Waals surface area contributed by atoms with E-state index in [0.717, 1.165) is 5.56 Å². The highest BCUT2D eigenvalue weighted by molar-refractivity contribution is 5.27. The van der Waals surface area contributed by atoms with Crippen molar-refractivity contribution in [2.24, 2.45) is 0 Å². The highest BCUT2D eigenvalue weighted by atomic mass is 19.4. The van der Waals surface area contributed by atoms with Gasteiger partial charge in [-0.2, -0.15) is 18.4 Å². The Morgan fingerprint density at radius 2 is 1.89 bits per heavy atom. The molecule has 6 heteroatoms. The summed E-state index contributed by atoms with van der Waals surface area (Å²) in [4.78, 5) is 0. The van der Waals surface area contributed by atoms with Crippen molar-refractivity contribution in [1.82, 2.24) is 5.32 Å². The van der Waals surface area contributed by atoms with E-state index >= 15 is 0 Å². The molecule has 0 aromatic heterocycles. The van der Waals surface area contributed by atoms with Crippen LogP contribution in [-0.2, 0) is 6.54 Å². The Balaban J connectivity index is 2.21. The fourth-order valence-electron chi connectivity index (χ4n) is 1.47. The van der Waals surface area contributed by atoms with Crippen molar-refractivity contribution in [2.45, 2.75) is 25.6 Å². The zero-order chi connectivity index (χ0) is 14.1. The first-order chi connectivity index (χ1) is 9.01. The van der Waals surface area contributed by atoms with E-state index in [9.17, 15) is 13.2 Å². The van der Waals surface area contributed by atoms with Crippen LogP contribution in [0.25, 0.3) is 0 Å². The molecule has 1 N–H and O–H groups in total. The van der Waals surface area contributed by atoms with Crippen molar-refractivity contribution in [2.75, 3.05) is 13.2 Å². The average Bonchev–Trinajstić information content (AvgIpc) is 2.36. The quantitative estimate of drug-likeness (QED) is 0.776. The lowest BCUT2D eigenvalue weighted by Crippen LogP contribution is -2.17. The molecule has 0 bridgehead atoms. The summed E-state index contributed by atoms with van der Waals surface area (Å²) < 4.78 is 40.7. The van der Waals surface area contributed by atoms with E-state index in [4.69, 9.17) is 10.00 Å². The van der Waals surface area contributed by atoms with Gasteiger partial charge in [0.1, 0.15) is 11.8 Å². The Morgan fingerprint density at radius 3 is 2.47 bits per heavy atom. The molecule has 0 atom stereocenters. The summed E-state index contributed by atoms with van der Waals surface area (Å²) in [7, 11) is 0. The molecule has 1 aromatic carbocycles. The smallest absolute Gasteiger partial charge is 0.389 e. The summed E-state index contributed by atoms with van der Waals surface area (Å²) in [5, 5.41) is 11.3. The molecule has 0 unspecified atom stereocenters. The topological polar surface area (TPSA) is 45.0 Å². The Hall–Kier alpha value is -1.74. The van der Waals surface area contributed by atoms with Crippen LogP contribution in [0.5, 0.6) is 5.75 Å². The number of benzene rings is 1. The molecule has 1 rings (SSSR count). The molecule has 3 nitrogen and oxygen atoms in total. The van der Waals surface area contributed by atoms with E-state index in [-0.39, 0.29) is 13.0 Å². The van der Waals surface area contributed by atoms with Crippen molar-refractivity contribution in [3.63, 3.8) is 0 Å². The Morgan fingerprint density at radius 1 is 1.21 bits per heavy atom. The van der Waals surface area contributed by atoms with Crippen LogP contribution in [0.4, 0.5) is 13.2 Å². The van der Waals surface area contributed by atoms with Gasteiger partial charge in [0.05, 0.1) is 0 Å². The Bertz CT molecular complexity index is 409. The molecule has 0 aliphatic rings. The van der Waals surface area contributed by atoms with Crippen molar-refractivity contribution >= 4 is 0 Å². The van der Waals surface area contributed by atoms with Gasteiger partial charge in [0.25, 0.3) is 0 Å². The van der Waals surface area contributed by atoms with Crippen LogP contribution >= 0.6 is 0 Å². The third-order valence-corrected chi connectivity index (χ3v) is 2.37. The molecule has 0 fully saturated rings. The average molecular weight is 272 g/mol. The number of rotatable bonds is 7. The summed E-state index contributed by atoms with van der Waals surface area (Å²) >= 11 is 0. The largest absolute Gasteiger partial charge is 0.479 e. The molecule has 0 aliphatic carbocycles. The van der Waals surface area contributed by atoms with E-state index < -0.39 is 12.6 Å². The zero-order valence-corrected chi connectivity index (χ0v) is 10.3. The molecule has 0 saturated heterocycles. The first-order valence-corrected chi connectivity index (χ1v) is 5.87. The zero-order valence-electron chi connectivity index (χ0n) is 10.3. The van der Waals surface area contributed by atoms with Gasteiger partial charge in [0, 0.05) is 13.0 Å². The van der Waals surface area contributed by atoms with Crippen molar-refractivity contribution < 1.29 is 17.9 Å². The first kappa shape index (κ1) is 15.3. The van der Waals surface area contributed by atoms with Crippen LogP contribution in [0.15, 0.2) is 24.3 Å². The van der Waals surface area contributed by atoms with Crippen LogP contribution in [0.1, 0.15) is 18.4 Å². The van der Waals surface area contributed by atoms with Gasteiger partial charge >= 0.3 is 6.18 Å². The SMILES string of the molecule is N#CCOc1ccc(CNCCCC(F)(F)F)cc1. The number of halogens is 3. The standard InChI is InChI=1S/C13H15F3N2O/c14-13(15,16)6-1-8-18-10-11-2-4-12(5-3-11)19-9-7-17/h2-5,18H,1,6,8-10H2. The van der Waals surface area contributed by atoms with Gasteiger partial charge < -0.3 is 10.1 Å². The van der Waals surface area contributed by atoms with Gasteiger partial charge in [0.15, 0.2) is 6.61 Å². The second-order valence-corrected chi connectivity index (χ2v) is 3.99. The second-order valence-electron chi connectivity index (χ2n) is 3.99. The van der Waals surface area contributed by atoms with Gasteiger partial charge in [-0.1, -0.05) is 12.1 Å². The maximum atomic E-state index is 11.9. The van der Waals surface area contributed by atoms with Gasteiger partial charge in [-0.05, 0) is 30.7 Å². The third-order valence-electron chi connectivity index (χ3n) is 2.37. The van der Waals surface area contributed by atoms with E-state index in [1.165, 1.54) is 0 Å². The lowest BCUT2D eigenvalue weighted by molar-refractivity contribution is -0.135. The highest BCUT2D eigenvalue weighted by Gasteiger charge is 2.25. The molecule has 19 heavy (non-hydrogen) atoms. The molecule has 0 radical (unpaired) electrons. The van der Waals surface area contributed by atoms with Gasteiger partial charge in [-0.25, -0.2) is 0 Å². The molecular formula is C13H15F3N2O. The van der Waals surface area contributed by atoms with Gasteiger partial charge in [0.2, 0.25) is 0 Å². The number of nitriles is 1. The monoisotopic (exact) mass is 272 g/mol. The minimum Gasteiger partial charge on any atom is -0.479 e. The van der Waals surface area contributed by atoms with Crippen molar-refractivity contribution in [3.8, 4) is 11.8 Å². The number of nitrogens with zero attached hydrogens (tertiary/aromatic N) is 1. The van der Waals surface area contributed by atoms with Crippen LogP contribution in [-0.4, -0.2) is 19.3 Å². The van der Waals surface area contributed by atoms with Crippen LogP contribution in [0.3, 0.4) is 0 Å². The molecule has 104 valence electrons.